The van der Waals surface area contributed by atoms with Gasteiger partial charge in [-0.05, 0) is 25.3 Å². The molecule has 0 aliphatic rings. The standard InChI is InChI=1S/C11H14N4OS3/c1-7-4-5-8(18-7)6-15(2)11(16)13-9-12-10(17-3)14-19-9/h4-5H,6H2,1-3H3,(H,12,13,14,16). The summed E-state index contributed by atoms with van der Waals surface area (Å²) in [5, 5.41) is 3.96. The van der Waals surface area contributed by atoms with E-state index in [0.29, 0.717) is 16.8 Å². The molecule has 2 amide bonds. The number of aryl methyl sites for hydroxylation is 1. The summed E-state index contributed by atoms with van der Waals surface area (Å²) in [7, 11) is 1.76. The third kappa shape index (κ3) is 3.92. The maximum absolute atomic E-state index is 12.0. The van der Waals surface area contributed by atoms with Crippen molar-refractivity contribution in [3.8, 4) is 0 Å². The van der Waals surface area contributed by atoms with Gasteiger partial charge < -0.3 is 4.90 Å². The van der Waals surface area contributed by atoms with E-state index in [4.69, 9.17) is 0 Å². The molecule has 0 spiro atoms. The normalized spacial score (nSPS) is 10.5. The minimum absolute atomic E-state index is 0.171. The summed E-state index contributed by atoms with van der Waals surface area (Å²) in [4.78, 5) is 20.2. The molecule has 0 unspecified atom stereocenters. The quantitative estimate of drug-likeness (QED) is 0.880. The number of nitrogens with zero attached hydrogens (tertiary/aromatic N) is 3. The molecule has 2 aromatic rings. The number of hydrogen-bond acceptors (Lipinski definition) is 6. The van der Waals surface area contributed by atoms with Gasteiger partial charge in [0.1, 0.15) is 0 Å². The Hall–Kier alpha value is -1.12. The number of urea groups is 1. The molecule has 0 aromatic carbocycles. The van der Waals surface area contributed by atoms with Gasteiger partial charge in [-0.15, -0.1) is 11.3 Å². The van der Waals surface area contributed by atoms with Crippen LogP contribution in [0.1, 0.15) is 9.75 Å². The van der Waals surface area contributed by atoms with Gasteiger partial charge in [0.2, 0.25) is 10.3 Å². The topological polar surface area (TPSA) is 58.1 Å². The molecule has 0 atom stereocenters. The largest absolute Gasteiger partial charge is 0.323 e. The number of nitrogens with one attached hydrogen (secondary N) is 1. The number of thiophene rings is 1. The third-order valence-corrected chi connectivity index (χ3v) is 4.62. The fourth-order valence-corrected chi connectivity index (χ4v) is 3.47. The van der Waals surface area contributed by atoms with Crippen molar-refractivity contribution in [2.75, 3.05) is 18.6 Å². The monoisotopic (exact) mass is 314 g/mol. The summed E-state index contributed by atoms with van der Waals surface area (Å²) in [5.74, 6) is 0. The van der Waals surface area contributed by atoms with Crippen LogP contribution in [0.5, 0.6) is 0 Å². The Morgan fingerprint density at radius 3 is 2.89 bits per heavy atom. The molecule has 19 heavy (non-hydrogen) atoms. The molecule has 2 aromatic heterocycles. The van der Waals surface area contributed by atoms with Gasteiger partial charge >= 0.3 is 6.03 Å². The van der Waals surface area contributed by atoms with Gasteiger partial charge in [-0.1, -0.05) is 11.8 Å². The zero-order valence-electron chi connectivity index (χ0n) is 10.8. The molecule has 8 heteroatoms. The predicted molar refractivity (Wildman–Crippen MR) is 81.2 cm³/mol. The first-order valence-electron chi connectivity index (χ1n) is 5.53. The fourth-order valence-electron chi connectivity index (χ4n) is 1.41. The Kier molecular flexibility index (Phi) is 4.78. The lowest BCUT2D eigenvalue weighted by Gasteiger charge is -2.15. The lowest BCUT2D eigenvalue weighted by Crippen LogP contribution is -2.30. The van der Waals surface area contributed by atoms with Gasteiger partial charge in [0.25, 0.3) is 0 Å². The molecular weight excluding hydrogens is 300 g/mol. The van der Waals surface area contributed by atoms with Crippen LogP contribution in [-0.4, -0.2) is 33.6 Å². The van der Waals surface area contributed by atoms with Crippen molar-refractivity contribution in [1.82, 2.24) is 14.3 Å². The van der Waals surface area contributed by atoms with Gasteiger partial charge in [0.05, 0.1) is 6.54 Å². The summed E-state index contributed by atoms with van der Waals surface area (Å²) in [5.41, 5.74) is 0. The molecule has 0 fully saturated rings. The van der Waals surface area contributed by atoms with Gasteiger partial charge in [-0.25, -0.2) is 4.79 Å². The summed E-state index contributed by atoms with van der Waals surface area (Å²) >= 11 is 4.34. The minimum atomic E-state index is -0.171. The molecule has 5 nitrogen and oxygen atoms in total. The zero-order valence-corrected chi connectivity index (χ0v) is 13.3. The first-order chi connectivity index (χ1) is 9.08. The van der Waals surface area contributed by atoms with E-state index >= 15 is 0 Å². The highest BCUT2D eigenvalue weighted by atomic mass is 32.2. The summed E-state index contributed by atoms with van der Waals surface area (Å²) in [6, 6.07) is 3.93. The van der Waals surface area contributed by atoms with Crippen LogP contribution in [0.25, 0.3) is 0 Å². The average Bonchev–Trinajstić information content (AvgIpc) is 2.98. The van der Waals surface area contributed by atoms with Gasteiger partial charge in [-0.2, -0.15) is 9.36 Å². The predicted octanol–water partition coefficient (Wildman–Crippen LogP) is 3.29. The molecule has 0 radical (unpaired) electrons. The molecule has 102 valence electrons. The van der Waals surface area contributed by atoms with Crippen LogP contribution in [0.4, 0.5) is 9.93 Å². The maximum Gasteiger partial charge on any atom is 0.323 e. The second-order valence-corrected chi connectivity index (χ2v) is 6.78. The second-order valence-electron chi connectivity index (χ2n) is 3.88. The van der Waals surface area contributed by atoms with Gasteiger partial charge in [-0.3, -0.25) is 5.32 Å². The first kappa shape index (κ1) is 14.3. The van der Waals surface area contributed by atoms with E-state index in [1.165, 1.54) is 28.2 Å². The molecule has 0 aliphatic heterocycles. The van der Waals surface area contributed by atoms with Crippen molar-refractivity contribution in [2.24, 2.45) is 0 Å². The molecule has 0 saturated heterocycles. The highest BCUT2D eigenvalue weighted by Gasteiger charge is 2.12. The van der Waals surface area contributed by atoms with Gasteiger partial charge in [0, 0.05) is 28.3 Å². The molecule has 2 rings (SSSR count). The average molecular weight is 314 g/mol. The van der Waals surface area contributed by atoms with E-state index in [-0.39, 0.29) is 6.03 Å². The van der Waals surface area contributed by atoms with E-state index in [1.54, 1.807) is 23.3 Å². The zero-order chi connectivity index (χ0) is 13.8. The number of amides is 2. The number of hydrogen-bond donors (Lipinski definition) is 1. The van der Waals surface area contributed by atoms with Crippen molar-refractivity contribution < 1.29 is 4.79 Å². The van der Waals surface area contributed by atoms with Crippen LogP contribution in [0, 0.1) is 6.92 Å². The summed E-state index contributed by atoms with van der Waals surface area (Å²) < 4.78 is 4.10. The van der Waals surface area contributed by atoms with Crippen molar-refractivity contribution >= 4 is 45.8 Å². The van der Waals surface area contributed by atoms with Crippen LogP contribution >= 0.6 is 34.6 Å². The van der Waals surface area contributed by atoms with Crippen LogP contribution in [0.15, 0.2) is 17.3 Å². The Bertz CT molecular complexity index is 566. The van der Waals surface area contributed by atoms with Crippen molar-refractivity contribution in [3.05, 3.63) is 21.9 Å². The van der Waals surface area contributed by atoms with Crippen LogP contribution < -0.4 is 5.32 Å². The first-order valence-corrected chi connectivity index (χ1v) is 8.35. The molecule has 0 bridgehead atoms. The third-order valence-electron chi connectivity index (χ3n) is 2.34. The van der Waals surface area contributed by atoms with Crippen molar-refractivity contribution in [1.29, 1.82) is 0 Å². The number of anilines is 1. The fraction of sp³-hybridized carbons (Fsp3) is 0.364. The van der Waals surface area contributed by atoms with Crippen LogP contribution in [-0.2, 0) is 6.54 Å². The highest BCUT2D eigenvalue weighted by Crippen LogP contribution is 2.19. The van der Waals surface area contributed by atoms with Crippen molar-refractivity contribution in [3.63, 3.8) is 0 Å². The SMILES string of the molecule is CSc1nsc(NC(=O)N(C)Cc2ccc(C)s2)n1. The number of carbonyl (C=O) groups is 1. The lowest BCUT2D eigenvalue weighted by atomic mass is 10.4. The van der Waals surface area contributed by atoms with E-state index in [0.717, 1.165) is 4.88 Å². The van der Waals surface area contributed by atoms with Crippen LogP contribution in [0.3, 0.4) is 0 Å². The van der Waals surface area contributed by atoms with E-state index in [1.807, 2.05) is 12.3 Å². The molecule has 0 aliphatic carbocycles. The summed E-state index contributed by atoms with van der Waals surface area (Å²) in [6.07, 6.45) is 1.90. The van der Waals surface area contributed by atoms with Crippen LogP contribution in [0.2, 0.25) is 0 Å². The van der Waals surface area contributed by atoms with Gasteiger partial charge in [0.15, 0.2) is 0 Å². The Labute approximate surface area is 124 Å². The Morgan fingerprint density at radius 1 is 1.53 bits per heavy atom. The Balaban J connectivity index is 1.91. The van der Waals surface area contributed by atoms with E-state index < -0.39 is 0 Å². The minimum Gasteiger partial charge on any atom is -0.322 e. The van der Waals surface area contributed by atoms with E-state index in [2.05, 4.69) is 27.7 Å². The van der Waals surface area contributed by atoms with E-state index in [9.17, 15) is 4.79 Å². The molecule has 2 heterocycles. The lowest BCUT2D eigenvalue weighted by molar-refractivity contribution is 0.221. The number of aromatic nitrogens is 2. The number of rotatable bonds is 4. The van der Waals surface area contributed by atoms with Crippen molar-refractivity contribution in [2.45, 2.75) is 18.6 Å². The molecule has 0 saturated carbocycles. The number of thioether (sulfide) groups is 1. The Morgan fingerprint density at radius 2 is 2.32 bits per heavy atom. The smallest absolute Gasteiger partial charge is 0.322 e. The molecule has 1 N–H and O–H groups in total. The summed E-state index contributed by atoms with van der Waals surface area (Å²) in [6.45, 7) is 2.65. The molecular formula is C11H14N4OS3. The second kappa shape index (κ2) is 6.36. The number of carbonyl (C=O) groups excluding carboxylic acids is 1. The maximum atomic E-state index is 12.0. The highest BCUT2D eigenvalue weighted by molar-refractivity contribution is 7.98.